The summed E-state index contributed by atoms with van der Waals surface area (Å²) < 4.78 is 5.35. The fourth-order valence-electron chi connectivity index (χ4n) is 2.71. The van der Waals surface area contributed by atoms with E-state index in [1.807, 2.05) is 19.2 Å². The van der Waals surface area contributed by atoms with Crippen LogP contribution in [0.25, 0.3) is 0 Å². The number of aryl methyl sites for hydroxylation is 1. The number of hydrogen-bond donors (Lipinski definition) is 1. The van der Waals surface area contributed by atoms with Gasteiger partial charge in [-0.25, -0.2) is 4.98 Å². The van der Waals surface area contributed by atoms with Gasteiger partial charge in [0.2, 0.25) is 0 Å². The molecule has 0 radical (unpaired) electrons. The Labute approximate surface area is 122 Å². The van der Waals surface area contributed by atoms with Crippen molar-refractivity contribution in [2.75, 3.05) is 13.7 Å². The van der Waals surface area contributed by atoms with E-state index in [2.05, 4.69) is 19.9 Å². The van der Waals surface area contributed by atoms with Crippen molar-refractivity contribution in [2.24, 2.45) is 0 Å². The summed E-state index contributed by atoms with van der Waals surface area (Å²) in [5, 5.41) is 0. The molecule has 0 bridgehead atoms. The minimum Gasteiger partial charge on any atom is -0.496 e. The Balaban J connectivity index is 1.82. The first-order valence-corrected chi connectivity index (χ1v) is 6.95. The largest absolute Gasteiger partial charge is 0.496 e. The van der Waals surface area contributed by atoms with E-state index in [9.17, 15) is 4.79 Å². The number of fused-ring (bicyclic) bond motifs is 1. The Morgan fingerprint density at radius 2 is 2.33 bits per heavy atom. The van der Waals surface area contributed by atoms with Gasteiger partial charge in [-0.3, -0.25) is 14.7 Å². The first kappa shape index (κ1) is 13.8. The van der Waals surface area contributed by atoms with Crippen LogP contribution >= 0.6 is 0 Å². The van der Waals surface area contributed by atoms with Crippen molar-refractivity contribution in [3.05, 3.63) is 51.5 Å². The molecule has 1 aliphatic heterocycles. The van der Waals surface area contributed by atoms with Gasteiger partial charge in [0, 0.05) is 44.0 Å². The number of ether oxygens (including phenoxy) is 1. The maximum absolute atomic E-state index is 12.0. The third kappa shape index (κ3) is 2.80. The van der Waals surface area contributed by atoms with Crippen LogP contribution in [0.4, 0.5) is 0 Å². The lowest BCUT2D eigenvalue weighted by Gasteiger charge is -2.27. The van der Waals surface area contributed by atoms with E-state index < -0.39 is 0 Å². The molecule has 0 spiro atoms. The van der Waals surface area contributed by atoms with Gasteiger partial charge in [-0.15, -0.1) is 0 Å². The van der Waals surface area contributed by atoms with Gasteiger partial charge in [-0.2, -0.15) is 0 Å². The quantitative estimate of drug-likeness (QED) is 0.913. The standard InChI is InChI=1S/C15H18N4O2/c1-10-17-13-4-6-19(9-12(13)15(20)18-10)8-11-7-16-5-3-14(11)21-2/h3,5,7H,4,6,8-9H2,1-2H3,(H,17,18,20). The SMILES string of the molecule is COc1ccncc1CN1CCc2nc(C)[nH]c(=O)c2C1. The molecule has 6 heteroatoms. The molecule has 0 atom stereocenters. The fourth-order valence-corrected chi connectivity index (χ4v) is 2.71. The number of aromatic nitrogens is 3. The summed E-state index contributed by atoms with van der Waals surface area (Å²) in [5.74, 6) is 1.51. The van der Waals surface area contributed by atoms with Gasteiger partial charge in [-0.1, -0.05) is 0 Å². The molecule has 21 heavy (non-hydrogen) atoms. The molecular formula is C15H18N4O2. The number of aromatic amines is 1. The van der Waals surface area contributed by atoms with Gasteiger partial charge in [0.25, 0.3) is 5.56 Å². The van der Waals surface area contributed by atoms with E-state index >= 15 is 0 Å². The Bertz CT molecular complexity index is 711. The second-order valence-electron chi connectivity index (χ2n) is 5.22. The molecule has 0 saturated heterocycles. The molecule has 2 aromatic heterocycles. The second-order valence-corrected chi connectivity index (χ2v) is 5.22. The zero-order chi connectivity index (χ0) is 14.8. The van der Waals surface area contributed by atoms with E-state index in [4.69, 9.17) is 4.74 Å². The third-order valence-corrected chi connectivity index (χ3v) is 3.74. The second kappa shape index (κ2) is 5.65. The van der Waals surface area contributed by atoms with E-state index in [0.717, 1.165) is 35.5 Å². The maximum atomic E-state index is 12.0. The third-order valence-electron chi connectivity index (χ3n) is 3.74. The summed E-state index contributed by atoms with van der Waals surface area (Å²) in [4.78, 5) is 25.6. The molecule has 1 aliphatic rings. The monoisotopic (exact) mass is 286 g/mol. The Hall–Kier alpha value is -2.21. The van der Waals surface area contributed by atoms with Crippen LogP contribution in [-0.2, 0) is 19.5 Å². The Morgan fingerprint density at radius 3 is 3.14 bits per heavy atom. The van der Waals surface area contributed by atoms with Gasteiger partial charge in [0.15, 0.2) is 0 Å². The number of methoxy groups -OCH3 is 1. The van der Waals surface area contributed by atoms with Gasteiger partial charge in [0.05, 0.1) is 18.4 Å². The minimum absolute atomic E-state index is 0.0275. The molecular weight excluding hydrogens is 268 g/mol. The molecule has 1 N–H and O–H groups in total. The lowest BCUT2D eigenvalue weighted by atomic mass is 10.1. The lowest BCUT2D eigenvalue weighted by Crippen LogP contribution is -2.35. The summed E-state index contributed by atoms with van der Waals surface area (Å²) >= 11 is 0. The highest BCUT2D eigenvalue weighted by molar-refractivity contribution is 5.30. The molecule has 0 unspecified atom stereocenters. The number of H-pyrrole nitrogens is 1. The van der Waals surface area contributed by atoms with Crippen molar-refractivity contribution < 1.29 is 4.74 Å². The highest BCUT2D eigenvalue weighted by Gasteiger charge is 2.21. The van der Waals surface area contributed by atoms with Crippen molar-refractivity contribution in [3.8, 4) is 5.75 Å². The summed E-state index contributed by atoms with van der Waals surface area (Å²) in [6, 6.07) is 1.85. The highest BCUT2D eigenvalue weighted by Crippen LogP contribution is 2.21. The van der Waals surface area contributed by atoms with Crippen LogP contribution in [0.5, 0.6) is 5.75 Å². The lowest BCUT2D eigenvalue weighted by molar-refractivity contribution is 0.237. The zero-order valence-electron chi connectivity index (χ0n) is 12.2. The van der Waals surface area contributed by atoms with Crippen molar-refractivity contribution in [3.63, 3.8) is 0 Å². The number of hydrogen-bond acceptors (Lipinski definition) is 5. The molecule has 110 valence electrons. The van der Waals surface area contributed by atoms with Gasteiger partial charge in [0.1, 0.15) is 11.6 Å². The predicted molar refractivity (Wildman–Crippen MR) is 78.2 cm³/mol. The van der Waals surface area contributed by atoms with Crippen molar-refractivity contribution in [1.82, 2.24) is 19.9 Å². The molecule has 2 aromatic rings. The summed E-state index contributed by atoms with van der Waals surface area (Å²) in [5.41, 5.74) is 2.70. The average Bonchev–Trinajstić information content (AvgIpc) is 2.48. The first-order chi connectivity index (χ1) is 10.2. The Kier molecular flexibility index (Phi) is 3.70. The van der Waals surface area contributed by atoms with E-state index in [0.29, 0.717) is 18.9 Å². The number of pyridine rings is 1. The van der Waals surface area contributed by atoms with Crippen LogP contribution in [-0.4, -0.2) is 33.5 Å². The molecule has 3 rings (SSSR count). The van der Waals surface area contributed by atoms with Crippen LogP contribution in [0.15, 0.2) is 23.3 Å². The summed E-state index contributed by atoms with van der Waals surface area (Å²) in [6.45, 7) is 4.01. The maximum Gasteiger partial charge on any atom is 0.255 e. The minimum atomic E-state index is -0.0275. The van der Waals surface area contributed by atoms with Crippen LogP contribution in [0.3, 0.4) is 0 Å². The molecule has 0 amide bonds. The highest BCUT2D eigenvalue weighted by atomic mass is 16.5. The molecule has 0 aliphatic carbocycles. The van der Waals surface area contributed by atoms with E-state index in [-0.39, 0.29) is 5.56 Å². The molecule has 6 nitrogen and oxygen atoms in total. The molecule has 0 saturated carbocycles. The van der Waals surface area contributed by atoms with Crippen LogP contribution in [0.1, 0.15) is 22.6 Å². The molecule has 3 heterocycles. The zero-order valence-corrected chi connectivity index (χ0v) is 12.2. The summed E-state index contributed by atoms with van der Waals surface area (Å²) in [6.07, 6.45) is 4.32. The average molecular weight is 286 g/mol. The summed E-state index contributed by atoms with van der Waals surface area (Å²) in [7, 11) is 1.65. The van der Waals surface area contributed by atoms with Crippen LogP contribution in [0, 0.1) is 6.92 Å². The smallest absolute Gasteiger partial charge is 0.255 e. The topological polar surface area (TPSA) is 71.1 Å². The van der Waals surface area contributed by atoms with Gasteiger partial charge >= 0.3 is 0 Å². The van der Waals surface area contributed by atoms with Crippen LogP contribution < -0.4 is 10.3 Å². The van der Waals surface area contributed by atoms with E-state index in [1.54, 1.807) is 13.3 Å². The number of rotatable bonds is 3. The number of nitrogens with zero attached hydrogens (tertiary/aromatic N) is 3. The van der Waals surface area contributed by atoms with Crippen molar-refractivity contribution in [2.45, 2.75) is 26.4 Å². The fraction of sp³-hybridized carbons (Fsp3) is 0.400. The normalized spacial score (nSPS) is 14.8. The molecule has 0 aromatic carbocycles. The van der Waals surface area contributed by atoms with Gasteiger partial charge < -0.3 is 9.72 Å². The number of nitrogens with one attached hydrogen (secondary N) is 1. The van der Waals surface area contributed by atoms with Crippen LogP contribution in [0.2, 0.25) is 0 Å². The molecule has 0 fully saturated rings. The van der Waals surface area contributed by atoms with Gasteiger partial charge in [-0.05, 0) is 13.0 Å². The predicted octanol–water partition coefficient (Wildman–Crippen LogP) is 1.04. The van der Waals surface area contributed by atoms with Crippen molar-refractivity contribution in [1.29, 1.82) is 0 Å². The van der Waals surface area contributed by atoms with E-state index in [1.165, 1.54) is 0 Å². The first-order valence-electron chi connectivity index (χ1n) is 6.95. The Morgan fingerprint density at radius 1 is 1.48 bits per heavy atom. The van der Waals surface area contributed by atoms with Crippen molar-refractivity contribution >= 4 is 0 Å².